The molecular weight excluding hydrogens is 280 g/mol. The fourth-order valence-corrected chi connectivity index (χ4v) is 2.55. The van der Waals surface area contributed by atoms with Gasteiger partial charge in [-0.05, 0) is 43.5 Å². The van der Waals surface area contributed by atoms with Gasteiger partial charge in [-0.1, -0.05) is 41.9 Å². The van der Waals surface area contributed by atoms with Crippen LogP contribution in [0.15, 0.2) is 48.5 Å². The normalized spacial score (nSPS) is 12.0. The third-order valence-corrected chi connectivity index (χ3v) is 3.79. The van der Waals surface area contributed by atoms with Crippen molar-refractivity contribution >= 4 is 23.0 Å². The minimum absolute atomic E-state index is 0.391. The Kier molecular flexibility index (Phi) is 5.51. The van der Waals surface area contributed by atoms with Gasteiger partial charge in [-0.2, -0.15) is 0 Å². The first-order valence-electron chi connectivity index (χ1n) is 7.33. The van der Waals surface area contributed by atoms with Crippen LogP contribution in [0, 0.1) is 0 Å². The van der Waals surface area contributed by atoms with Gasteiger partial charge in [0.25, 0.3) is 0 Å². The third kappa shape index (κ3) is 4.68. The van der Waals surface area contributed by atoms with Gasteiger partial charge >= 0.3 is 0 Å². The second-order valence-corrected chi connectivity index (χ2v) is 6.06. The molecule has 1 unspecified atom stereocenters. The van der Waals surface area contributed by atoms with E-state index < -0.39 is 0 Å². The average Bonchev–Trinajstić information content (AvgIpc) is 2.46. The van der Waals surface area contributed by atoms with E-state index in [4.69, 9.17) is 11.6 Å². The Hall–Kier alpha value is -1.67. The molecule has 112 valence electrons. The molecule has 0 spiro atoms. The largest absolute Gasteiger partial charge is 0.381 e. The van der Waals surface area contributed by atoms with Gasteiger partial charge in [0.1, 0.15) is 0 Å². The molecule has 1 atom stereocenters. The number of anilines is 2. The number of benzene rings is 2. The summed E-state index contributed by atoms with van der Waals surface area (Å²) in [5.74, 6) is 0. The summed E-state index contributed by atoms with van der Waals surface area (Å²) in [5, 5.41) is 4.34. The van der Waals surface area contributed by atoms with Gasteiger partial charge in [0, 0.05) is 25.2 Å². The average molecular weight is 303 g/mol. The van der Waals surface area contributed by atoms with Crippen molar-refractivity contribution in [2.24, 2.45) is 0 Å². The number of aryl methyl sites for hydroxylation is 1. The zero-order chi connectivity index (χ0) is 15.2. The molecule has 0 radical (unpaired) electrons. The number of rotatable bonds is 6. The number of halogens is 1. The van der Waals surface area contributed by atoms with Gasteiger partial charge in [0.15, 0.2) is 0 Å². The Balaban J connectivity index is 1.99. The smallest absolute Gasteiger partial charge is 0.0597 e. The Labute approximate surface area is 132 Å². The molecule has 1 N–H and O–H groups in total. The molecular formula is C18H23ClN2. The highest BCUT2D eigenvalue weighted by Crippen LogP contribution is 2.28. The number of hydrogen-bond donors (Lipinski definition) is 1. The van der Waals surface area contributed by atoms with Crippen LogP contribution in [-0.4, -0.2) is 20.1 Å². The lowest BCUT2D eigenvalue weighted by atomic mass is 10.1. The lowest BCUT2D eigenvalue weighted by molar-refractivity contribution is 0.706. The van der Waals surface area contributed by atoms with Crippen LogP contribution in [0.2, 0.25) is 5.02 Å². The monoisotopic (exact) mass is 302 g/mol. The molecule has 0 aliphatic heterocycles. The maximum Gasteiger partial charge on any atom is 0.0597 e. The first-order valence-corrected chi connectivity index (χ1v) is 7.71. The van der Waals surface area contributed by atoms with Gasteiger partial charge in [-0.15, -0.1) is 0 Å². The third-order valence-electron chi connectivity index (χ3n) is 3.55. The summed E-state index contributed by atoms with van der Waals surface area (Å²) >= 11 is 6.12. The van der Waals surface area contributed by atoms with Gasteiger partial charge < -0.3 is 10.2 Å². The van der Waals surface area contributed by atoms with E-state index in [0.29, 0.717) is 6.04 Å². The van der Waals surface area contributed by atoms with Crippen molar-refractivity contribution in [3.63, 3.8) is 0 Å². The van der Waals surface area contributed by atoms with Crippen LogP contribution in [0.25, 0.3) is 0 Å². The molecule has 0 bridgehead atoms. The summed E-state index contributed by atoms with van der Waals surface area (Å²) in [5.41, 5.74) is 3.63. The van der Waals surface area contributed by atoms with Gasteiger partial charge in [0.05, 0.1) is 11.4 Å². The van der Waals surface area contributed by atoms with Crippen LogP contribution >= 0.6 is 11.6 Å². The van der Waals surface area contributed by atoms with E-state index in [1.165, 1.54) is 5.56 Å². The van der Waals surface area contributed by atoms with Crippen molar-refractivity contribution < 1.29 is 0 Å². The van der Waals surface area contributed by atoms with Crippen molar-refractivity contribution in [3.05, 3.63) is 59.1 Å². The molecule has 0 aromatic heterocycles. The Morgan fingerprint density at radius 2 is 1.81 bits per heavy atom. The maximum atomic E-state index is 6.12. The SMILES string of the molecule is CC(CCc1ccccc1)Nc1cc(Cl)ccc1N(C)C. The van der Waals surface area contributed by atoms with Crippen molar-refractivity contribution in [2.45, 2.75) is 25.8 Å². The summed E-state index contributed by atoms with van der Waals surface area (Å²) in [7, 11) is 4.09. The van der Waals surface area contributed by atoms with Crippen molar-refractivity contribution in [1.82, 2.24) is 0 Å². The molecule has 0 fully saturated rings. The molecule has 3 heteroatoms. The molecule has 0 aliphatic carbocycles. The van der Waals surface area contributed by atoms with Gasteiger partial charge in [-0.3, -0.25) is 0 Å². The first-order chi connectivity index (χ1) is 10.1. The summed E-state index contributed by atoms with van der Waals surface area (Å²) in [4.78, 5) is 2.10. The van der Waals surface area contributed by atoms with Gasteiger partial charge in [0.2, 0.25) is 0 Å². The number of hydrogen-bond acceptors (Lipinski definition) is 2. The topological polar surface area (TPSA) is 15.3 Å². The van der Waals surface area contributed by atoms with Crippen LogP contribution in [0.5, 0.6) is 0 Å². The molecule has 0 saturated carbocycles. The number of nitrogens with zero attached hydrogens (tertiary/aromatic N) is 1. The van der Waals surface area contributed by atoms with E-state index in [1.54, 1.807) is 0 Å². The van der Waals surface area contributed by atoms with E-state index in [2.05, 4.69) is 53.5 Å². The second-order valence-electron chi connectivity index (χ2n) is 5.63. The van der Waals surface area contributed by atoms with Crippen molar-refractivity contribution in [2.75, 3.05) is 24.3 Å². The lowest BCUT2D eigenvalue weighted by Gasteiger charge is -2.22. The zero-order valence-electron chi connectivity index (χ0n) is 12.9. The Morgan fingerprint density at radius 3 is 2.48 bits per heavy atom. The highest BCUT2D eigenvalue weighted by molar-refractivity contribution is 6.31. The van der Waals surface area contributed by atoms with Crippen LogP contribution < -0.4 is 10.2 Å². The summed E-state index contributed by atoms with van der Waals surface area (Å²) < 4.78 is 0. The summed E-state index contributed by atoms with van der Waals surface area (Å²) in [6.45, 7) is 2.21. The fraction of sp³-hybridized carbons (Fsp3) is 0.333. The maximum absolute atomic E-state index is 6.12. The van der Waals surface area contributed by atoms with Crippen LogP contribution in [0.1, 0.15) is 18.9 Å². The predicted molar refractivity (Wildman–Crippen MR) is 93.6 cm³/mol. The van der Waals surface area contributed by atoms with E-state index in [-0.39, 0.29) is 0 Å². The molecule has 0 amide bonds. The standard InChI is InChI=1S/C18H23ClN2/c1-14(9-10-15-7-5-4-6-8-15)20-17-13-16(19)11-12-18(17)21(2)3/h4-8,11-14,20H,9-10H2,1-3H3. The van der Waals surface area contributed by atoms with Gasteiger partial charge in [-0.25, -0.2) is 0 Å². The minimum Gasteiger partial charge on any atom is -0.381 e. The Bertz CT molecular complexity index is 567. The zero-order valence-corrected chi connectivity index (χ0v) is 13.7. The molecule has 2 aromatic carbocycles. The highest BCUT2D eigenvalue weighted by atomic mass is 35.5. The second kappa shape index (κ2) is 7.37. The van der Waals surface area contributed by atoms with E-state index in [9.17, 15) is 0 Å². The van der Waals surface area contributed by atoms with E-state index in [1.807, 2.05) is 26.2 Å². The lowest BCUT2D eigenvalue weighted by Crippen LogP contribution is -2.19. The van der Waals surface area contributed by atoms with E-state index in [0.717, 1.165) is 29.2 Å². The molecule has 0 heterocycles. The van der Waals surface area contributed by atoms with Crippen LogP contribution in [0.3, 0.4) is 0 Å². The quantitative estimate of drug-likeness (QED) is 0.821. The number of nitrogens with one attached hydrogen (secondary N) is 1. The fourth-order valence-electron chi connectivity index (χ4n) is 2.38. The van der Waals surface area contributed by atoms with Crippen molar-refractivity contribution in [1.29, 1.82) is 0 Å². The summed E-state index contributed by atoms with van der Waals surface area (Å²) in [6, 6.07) is 17.0. The molecule has 2 aromatic rings. The van der Waals surface area contributed by atoms with Crippen LogP contribution in [-0.2, 0) is 6.42 Å². The molecule has 2 nitrogen and oxygen atoms in total. The molecule has 0 saturated heterocycles. The first kappa shape index (κ1) is 15.7. The van der Waals surface area contributed by atoms with E-state index >= 15 is 0 Å². The Morgan fingerprint density at radius 1 is 1.10 bits per heavy atom. The van der Waals surface area contributed by atoms with Crippen molar-refractivity contribution in [3.8, 4) is 0 Å². The molecule has 2 rings (SSSR count). The summed E-state index contributed by atoms with van der Waals surface area (Å²) in [6.07, 6.45) is 2.16. The minimum atomic E-state index is 0.391. The molecule has 0 aliphatic rings. The predicted octanol–water partition coefficient (Wildman–Crippen LogP) is 4.84. The van der Waals surface area contributed by atoms with Crippen LogP contribution in [0.4, 0.5) is 11.4 Å². The molecule has 21 heavy (non-hydrogen) atoms. The highest BCUT2D eigenvalue weighted by Gasteiger charge is 2.09.